The van der Waals surface area contributed by atoms with Crippen molar-refractivity contribution < 1.29 is 9.59 Å². The maximum atomic E-state index is 12.0. The molecule has 2 amide bonds. The Morgan fingerprint density at radius 3 is 2.70 bits per heavy atom. The van der Waals surface area contributed by atoms with Gasteiger partial charge in [-0.2, -0.15) is 11.3 Å². The van der Waals surface area contributed by atoms with Crippen LogP contribution in [-0.4, -0.2) is 61.4 Å². The van der Waals surface area contributed by atoms with Crippen LogP contribution in [0.3, 0.4) is 0 Å². The van der Waals surface area contributed by atoms with E-state index in [-0.39, 0.29) is 11.8 Å². The number of amides is 2. The van der Waals surface area contributed by atoms with Gasteiger partial charge in [-0.15, -0.1) is 0 Å². The molecule has 0 radical (unpaired) electrons. The average Bonchev–Trinajstić information content (AvgIpc) is 2.98. The van der Waals surface area contributed by atoms with Gasteiger partial charge in [-0.05, 0) is 24.9 Å². The molecule has 0 bridgehead atoms. The van der Waals surface area contributed by atoms with E-state index in [1.807, 2.05) is 15.7 Å². The first-order valence-electron chi connectivity index (χ1n) is 6.93. The highest BCUT2D eigenvalue weighted by Gasteiger charge is 2.18. The van der Waals surface area contributed by atoms with Crippen LogP contribution in [0.4, 0.5) is 0 Å². The number of nitrogens with one attached hydrogen (secondary N) is 1. The van der Waals surface area contributed by atoms with Crippen LogP contribution in [0.25, 0.3) is 0 Å². The van der Waals surface area contributed by atoms with Gasteiger partial charge in [-0.3, -0.25) is 9.59 Å². The first-order valence-corrected chi connectivity index (χ1v) is 7.88. The minimum atomic E-state index is -0.0571. The lowest BCUT2D eigenvalue weighted by Crippen LogP contribution is -2.47. The van der Waals surface area contributed by atoms with Gasteiger partial charge in [0.2, 0.25) is 5.91 Å². The predicted molar refractivity (Wildman–Crippen MR) is 80.0 cm³/mol. The average molecular weight is 295 g/mol. The molecule has 1 aromatic rings. The molecule has 1 saturated heterocycles. The van der Waals surface area contributed by atoms with Gasteiger partial charge < -0.3 is 15.1 Å². The normalized spacial score (nSPS) is 16.1. The summed E-state index contributed by atoms with van der Waals surface area (Å²) in [5.41, 5.74) is 0.695. The Labute approximate surface area is 123 Å². The first kappa shape index (κ1) is 15.0. The van der Waals surface area contributed by atoms with Gasteiger partial charge in [0.1, 0.15) is 0 Å². The lowest BCUT2D eigenvalue weighted by molar-refractivity contribution is -0.132. The summed E-state index contributed by atoms with van der Waals surface area (Å²) < 4.78 is 0. The van der Waals surface area contributed by atoms with E-state index in [0.29, 0.717) is 24.9 Å². The van der Waals surface area contributed by atoms with Gasteiger partial charge >= 0.3 is 0 Å². The third kappa shape index (κ3) is 4.31. The van der Waals surface area contributed by atoms with E-state index in [9.17, 15) is 9.59 Å². The maximum absolute atomic E-state index is 12.0. The molecule has 0 aromatic carbocycles. The molecule has 2 rings (SSSR count). The van der Waals surface area contributed by atoms with Crippen molar-refractivity contribution in [1.82, 2.24) is 15.1 Å². The van der Waals surface area contributed by atoms with Crippen molar-refractivity contribution in [2.45, 2.75) is 12.8 Å². The molecule has 0 aliphatic carbocycles. The highest BCUT2D eigenvalue weighted by molar-refractivity contribution is 7.08. The van der Waals surface area contributed by atoms with E-state index >= 15 is 0 Å². The number of piperazine rings is 1. The van der Waals surface area contributed by atoms with Crippen molar-refractivity contribution in [3.63, 3.8) is 0 Å². The lowest BCUT2D eigenvalue weighted by Gasteiger charge is -2.32. The standard InChI is InChI=1S/C14H21N3O2S/c1-16-6-8-17(9-7-16)13(18)3-2-5-15-14(19)12-4-10-20-11-12/h4,10-11H,2-3,5-9H2,1H3,(H,15,19). The Hall–Kier alpha value is -1.40. The molecule has 1 fully saturated rings. The monoisotopic (exact) mass is 295 g/mol. The van der Waals surface area contributed by atoms with Crippen LogP contribution in [0.2, 0.25) is 0 Å². The highest BCUT2D eigenvalue weighted by atomic mass is 32.1. The zero-order chi connectivity index (χ0) is 14.4. The molecule has 20 heavy (non-hydrogen) atoms. The second-order valence-electron chi connectivity index (χ2n) is 5.06. The molecule has 5 nitrogen and oxygen atoms in total. The molecular formula is C14H21N3O2S. The quantitative estimate of drug-likeness (QED) is 0.826. The SMILES string of the molecule is CN1CCN(C(=O)CCCNC(=O)c2ccsc2)CC1. The molecule has 0 unspecified atom stereocenters. The van der Waals surface area contributed by atoms with Gasteiger partial charge in [0.05, 0.1) is 0 Å². The molecule has 2 heterocycles. The molecule has 110 valence electrons. The summed E-state index contributed by atoms with van der Waals surface area (Å²) in [6.07, 6.45) is 1.20. The molecule has 1 aliphatic rings. The van der Waals surface area contributed by atoms with Crippen LogP contribution in [-0.2, 0) is 4.79 Å². The van der Waals surface area contributed by atoms with Crippen LogP contribution in [0, 0.1) is 0 Å². The summed E-state index contributed by atoms with van der Waals surface area (Å²) in [5.74, 6) is 0.140. The number of nitrogens with zero attached hydrogens (tertiary/aromatic N) is 2. The van der Waals surface area contributed by atoms with Crippen molar-refractivity contribution in [1.29, 1.82) is 0 Å². The summed E-state index contributed by atoms with van der Waals surface area (Å²) in [5, 5.41) is 6.54. The van der Waals surface area contributed by atoms with Crippen LogP contribution in [0.1, 0.15) is 23.2 Å². The van der Waals surface area contributed by atoms with Crippen molar-refractivity contribution in [3.8, 4) is 0 Å². The summed E-state index contributed by atoms with van der Waals surface area (Å²) in [6, 6.07) is 1.80. The van der Waals surface area contributed by atoms with Crippen molar-refractivity contribution >= 4 is 23.2 Å². The van der Waals surface area contributed by atoms with Crippen LogP contribution < -0.4 is 5.32 Å². The molecule has 1 aromatic heterocycles. The van der Waals surface area contributed by atoms with E-state index in [4.69, 9.17) is 0 Å². The van der Waals surface area contributed by atoms with E-state index in [2.05, 4.69) is 17.3 Å². The fraction of sp³-hybridized carbons (Fsp3) is 0.571. The molecule has 0 saturated carbocycles. The molecule has 6 heteroatoms. The van der Waals surface area contributed by atoms with Crippen molar-refractivity contribution in [2.75, 3.05) is 39.8 Å². The van der Waals surface area contributed by atoms with Gasteiger partial charge in [-0.25, -0.2) is 0 Å². The summed E-state index contributed by atoms with van der Waals surface area (Å²) in [6.45, 7) is 4.07. The third-order valence-electron chi connectivity index (χ3n) is 3.49. The Morgan fingerprint density at radius 2 is 2.05 bits per heavy atom. The summed E-state index contributed by atoms with van der Waals surface area (Å²) in [7, 11) is 2.07. The smallest absolute Gasteiger partial charge is 0.252 e. The predicted octanol–water partition coefficient (Wildman–Crippen LogP) is 1.03. The van der Waals surface area contributed by atoms with Gasteiger partial charge in [0.15, 0.2) is 0 Å². The lowest BCUT2D eigenvalue weighted by atomic mass is 10.2. The number of carbonyl (C=O) groups excluding carboxylic acids is 2. The van der Waals surface area contributed by atoms with Gasteiger partial charge in [0.25, 0.3) is 5.91 Å². The number of hydrogen-bond donors (Lipinski definition) is 1. The minimum Gasteiger partial charge on any atom is -0.352 e. The molecular weight excluding hydrogens is 274 g/mol. The third-order valence-corrected chi connectivity index (χ3v) is 4.18. The molecule has 0 atom stereocenters. The van der Waals surface area contributed by atoms with Crippen LogP contribution >= 0.6 is 11.3 Å². The molecule has 0 spiro atoms. The topological polar surface area (TPSA) is 52.6 Å². The Kier molecular flexibility index (Phi) is 5.55. The van der Waals surface area contributed by atoms with Crippen LogP contribution in [0.15, 0.2) is 16.8 Å². The van der Waals surface area contributed by atoms with Gasteiger partial charge in [-0.1, -0.05) is 0 Å². The van der Waals surface area contributed by atoms with E-state index in [1.54, 1.807) is 6.07 Å². The maximum Gasteiger partial charge on any atom is 0.252 e. The van der Waals surface area contributed by atoms with Crippen molar-refractivity contribution in [2.24, 2.45) is 0 Å². The number of thiophene rings is 1. The van der Waals surface area contributed by atoms with E-state index < -0.39 is 0 Å². The molecule has 1 aliphatic heterocycles. The second kappa shape index (κ2) is 7.40. The van der Waals surface area contributed by atoms with E-state index in [0.717, 1.165) is 26.2 Å². The van der Waals surface area contributed by atoms with E-state index in [1.165, 1.54) is 11.3 Å². The van der Waals surface area contributed by atoms with Gasteiger partial charge in [0, 0.05) is 50.1 Å². The Balaban J connectivity index is 1.61. The second-order valence-corrected chi connectivity index (χ2v) is 5.84. The summed E-state index contributed by atoms with van der Waals surface area (Å²) in [4.78, 5) is 27.8. The fourth-order valence-electron chi connectivity index (χ4n) is 2.15. The number of rotatable bonds is 5. The van der Waals surface area contributed by atoms with Crippen LogP contribution in [0.5, 0.6) is 0 Å². The zero-order valence-corrected chi connectivity index (χ0v) is 12.6. The number of carbonyl (C=O) groups is 2. The minimum absolute atomic E-state index is 0.0571. The first-order chi connectivity index (χ1) is 9.66. The zero-order valence-electron chi connectivity index (χ0n) is 11.8. The largest absolute Gasteiger partial charge is 0.352 e. The number of likely N-dealkylation sites (N-methyl/N-ethyl adjacent to an activating group) is 1. The molecule has 1 N–H and O–H groups in total. The number of hydrogen-bond acceptors (Lipinski definition) is 4. The Bertz CT molecular complexity index is 439. The highest BCUT2D eigenvalue weighted by Crippen LogP contribution is 2.06. The summed E-state index contributed by atoms with van der Waals surface area (Å²) >= 11 is 1.51. The Morgan fingerprint density at radius 1 is 1.30 bits per heavy atom. The van der Waals surface area contributed by atoms with Crippen molar-refractivity contribution in [3.05, 3.63) is 22.4 Å². The fourth-order valence-corrected chi connectivity index (χ4v) is 2.79.